The van der Waals surface area contributed by atoms with Crippen molar-refractivity contribution < 1.29 is 14.7 Å². The summed E-state index contributed by atoms with van der Waals surface area (Å²) in [6, 6.07) is -0.786. The van der Waals surface area contributed by atoms with Gasteiger partial charge in [0.15, 0.2) is 0 Å². The van der Waals surface area contributed by atoms with Gasteiger partial charge in [-0.3, -0.25) is 4.79 Å². The van der Waals surface area contributed by atoms with Crippen LogP contribution in [-0.4, -0.2) is 35.0 Å². The van der Waals surface area contributed by atoms with Crippen LogP contribution in [0.5, 0.6) is 0 Å². The lowest BCUT2D eigenvalue weighted by atomic mass is 10.1. The van der Waals surface area contributed by atoms with E-state index in [-0.39, 0.29) is 12.3 Å². The number of amides is 1. The molecule has 16 heavy (non-hydrogen) atoms. The second-order valence-corrected chi connectivity index (χ2v) is 3.84. The summed E-state index contributed by atoms with van der Waals surface area (Å²) < 4.78 is 0. The first-order valence-corrected chi connectivity index (χ1v) is 5.63. The quantitative estimate of drug-likeness (QED) is 0.510. The molecule has 0 radical (unpaired) electrons. The Balaban J connectivity index is 4.25. The Kier molecular flexibility index (Phi) is 7.25. The van der Waals surface area contributed by atoms with Gasteiger partial charge in [0.1, 0.15) is 6.04 Å². The van der Waals surface area contributed by atoms with Crippen molar-refractivity contribution in [3.05, 3.63) is 12.7 Å². The molecule has 0 aliphatic heterocycles. The van der Waals surface area contributed by atoms with Crippen molar-refractivity contribution in [1.29, 1.82) is 0 Å². The molecule has 0 aromatic rings. The third kappa shape index (κ3) is 4.96. The molecule has 1 amide bonds. The monoisotopic (exact) mass is 227 g/mol. The summed E-state index contributed by atoms with van der Waals surface area (Å²) in [5.41, 5.74) is 0. The number of nitrogens with zero attached hydrogens (tertiary/aromatic N) is 1. The minimum atomic E-state index is -0.980. The first-order valence-electron chi connectivity index (χ1n) is 5.63. The smallest absolute Gasteiger partial charge is 0.326 e. The molecule has 1 unspecified atom stereocenters. The van der Waals surface area contributed by atoms with Crippen molar-refractivity contribution in [2.45, 2.75) is 45.1 Å². The van der Waals surface area contributed by atoms with Crippen LogP contribution in [0.1, 0.15) is 39.0 Å². The maximum atomic E-state index is 11.7. The highest BCUT2D eigenvalue weighted by molar-refractivity contribution is 5.83. The molecule has 0 heterocycles. The first kappa shape index (κ1) is 14.7. The van der Waals surface area contributed by atoms with Crippen LogP contribution in [-0.2, 0) is 9.59 Å². The summed E-state index contributed by atoms with van der Waals surface area (Å²) in [4.78, 5) is 23.9. The summed E-state index contributed by atoms with van der Waals surface area (Å²) in [6.45, 7) is 5.56. The Morgan fingerprint density at radius 1 is 1.44 bits per heavy atom. The van der Waals surface area contributed by atoms with Crippen LogP contribution in [0, 0.1) is 0 Å². The maximum Gasteiger partial charge on any atom is 0.326 e. The van der Waals surface area contributed by atoms with Crippen molar-refractivity contribution in [2.24, 2.45) is 0 Å². The van der Waals surface area contributed by atoms with Gasteiger partial charge in [0, 0.05) is 13.5 Å². The van der Waals surface area contributed by atoms with Gasteiger partial charge in [0.05, 0.1) is 0 Å². The number of carbonyl (C=O) groups excluding carboxylic acids is 1. The van der Waals surface area contributed by atoms with E-state index < -0.39 is 12.0 Å². The van der Waals surface area contributed by atoms with E-state index in [0.717, 1.165) is 19.3 Å². The fourth-order valence-electron chi connectivity index (χ4n) is 1.46. The summed E-state index contributed by atoms with van der Waals surface area (Å²) in [7, 11) is 1.54. The fraction of sp³-hybridized carbons (Fsp3) is 0.667. The Morgan fingerprint density at radius 3 is 2.50 bits per heavy atom. The molecule has 0 spiro atoms. The molecule has 0 aromatic heterocycles. The minimum absolute atomic E-state index is 0.109. The number of carboxylic acid groups (broad SMARTS) is 1. The number of rotatable bonds is 8. The topological polar surface area (TPSA) is 57.6 Å². The molecule has 0 aliphatic rings. The second-order valence-electron chi connectivity index (χ2n) is 3.84. The molecule has 0 saturated heterocycles. The van der Waals surface area contributed by atoms with Gasteiger partial charge in [-0.1, -0.05) is 25.8 Å². The van der Waals surface area contributed by atoms with Crippen LogP contribution in [0.2, 0.25) is 0 Å². The number of carboxylic acids is 1. The van der Waals surface area contributed by atoms with Gasteiger partial charge in [-0.05, 0) is 12.8 Å². The predicted octanol–water partition coefficient (Wildman–Crippen LogP) is 2.05. The van der Waals surface area contributed by atoms with Crippen LogP contribution >= 0.6 is 0 Å². The zero-order valence-corrected chi connectivity index (χ0v) is 10.1. The molecule has 0 bridgehead atoms. The van der Waals surface area contributed by atoms with Crippen molar-refractivity contribution in [1.82, 2.24) is 4.90 Å². The lowest BCUT2D eigenvalue weighted by Crippen LogP contribution is -2.42. The summed E-state index contributed by atoms with van der Waals surface area (Å²) in [5, 5.41) is 8.95. The largest absolute Gasteiger partial charge is 0.480 e. The number of unbranched alkanes of at least 4 members (excludes halogenated alkanes) is 2. The summed E-state index contributed by atoms with van der Waals surface area (Å²) >= 11 is 0. The third-order valence-electron chi connectivity index (χ3n) is 2.53. The molecule has 4 nitrogen and oxygen atoms in total. The number of carbonyl (C=O) groups is 2. The van der Waals surface area contributed by atoms with Crippen LogP contribution in [0.4, 0.5) is 0 Å². The highest BCUT2D eigenvalue weighted by Crippen LogP contribution is 2.08. The first-order chi connectivity index (χ1) is 7.54. The second kappa shape index (κ2) is 7.91. The fourth-order valence-corrected chi connectivity index (χ4v) is 1.46. The summed E-state index contributed by atoms with van der Waals surface area (Å²) in [6.07, 6.45) is 5.09. The van der Waals surface area contributed by atoms with Gasteiger partial charge in [-0.25, -0.2) is 4.79 Å². The molecular formula is C12H21NO3. The van der Waals surface area contributed by atoms with Crippen LogP contribution in [0.3, 0.4) is 0 Å². The number of hydrogen-bond donors (Lipinski definition) is 1. The van der Waals surface area contributed by atoms with Gasteiger partial charge in [-0.15, -0.1) is 6.58 Å². The van der Waals surface area contributed by atoms with E-state index in [1.54, 1.807) is 0 Å². The molecular weight excluding hydrogens is 206 g/mol. The van der Waals surface area contributed by atoms with Crippen molar-refractivity contribution >= 4 is 11.9 Å². The van der Waals surface area contributed by atoms with E-state index in [1.807, 2.05) is 0 Å². The zero-order chi connectivity index (χ0) is 12.6. The zero-order valence-electron chi connectivity index (χ0n) is 10.1. The number of aliphatic carboxylic acids is 1. The molecule has 0 saturated carbocycles. The van der Waals surface area contributed by atoms with Crippen LogP contribution in [0.25, 0.3) is 0 Å². The molecule has 0 aliphatic carbocycles. The third-order valence-corrected chi connectivity index (χ3v) is 2.53. The average Bonchev–Trinajstić information content (AvgIpc) is 2.24. The normalized spacial score (nSPS) is 11.9. The van der Waals surface area contributed by atoms with Crippen molar-refractivity contribution in [3.63, 3.8) is 0 Å². The molecule has 1 N–H and O–H groups in total. The standard InChI is InChI=1S/C12H21NO3/c1-4-6-7-9-11(14)13(3)10(8-5-2)12(15)16/h5,10H,2,4,6-9H2,1,3H3,(H,15,16). The van der Waals surface area contributed by atoms with Gasteiger partial charge in [-0.2, -0.15) is 0 Å². The lowest BCUT2D eigenvalue weighted by molar-refractivity contribution is -0.148. The average molecular weight is 227 g/mol. The lowest BCUT2D eigenvalue weighted by Gasteiger charge is -2.23. The van der Waals surface area contributed by atoms with Crippen LogP contribution < -0.4 is 0 Å². The molecule has 0 rings (SSSR count). The van der Waals surface area contributed by atoms with E-state index in [9.17, 15) is 9.59 Å². The van der Waals surface area contributed by atoms with Gasteiger partial charge in [0.2, 0.25) is 5.91 Å². The van der Waals surface area contributed by atoms with E-state index in [1.165, 1.54) is 18.0 Å². The SMILES string of the molecule is C=CCC(C(=O)O)N(C)C(=O)CCCCC. The van der Waals surface area contributed by atoms with Crippen molar-refractivity contribution in [2.75, 3.05) is 7.05 Å². The summed E-state index contributed by atoms with van der Waals surface area (Å²) in [5.74, 6) is -1.09. The molecule has 0 aromatic carbocycles. The van der Waals surface area contributed by atoms with E-state index in [4.69, 9.17) is 5.11 Å². The maximum absolute atomic E-state index is 11.7. The Hall–Kier alpha value is -1.32. The van der Waals surface area contributed by atoms with Gasteiger partial charge in [0.25, 0.3) is 0 Å². The molecule has 1 atom stereocenters. The number of likely N-dealkylation sites (N-methyl/N-ethyl adjacent to an activating group) is 1. The minimum Gasteiger partial charge on any atom is -0.480 e. The number of hydrogen-bond acceptors (Lipinski definition) is 2. The van der Waals surface area contributed by atoms with Crippen molar-refractivity contribution in [3.8, 4) is 0 Å². The van der Waals surface area contributed by atoms with Crippen LogP contribution in [0.15, 0.2) is 12.7 Å². The van der Waals surface area contributed by atoms with E-state index >= 15 is 0 Å². The Labute approximate surface area is 96.9 Å². The Morgan fingerprint density at radius 2 is 2.06 bits per heavy atom. The molecule has 4 heteroatoms. The van der Waals surface area contributed by atoms with Gasteiger partial charge < -0.3 is 10.0 Å². The Bertz CT molecular complexity index is 251. The highest BCUT2D eigenvalue weighted by atomic mass is 16.4. The molecule has 92 valence electrons. The van der Waals surface area contributed by atoms with E-state index in [0.29, 0.717) is 6.42 Å². The predicted molar refractivity (Wildman–Crippen MR) is 63.1 cm³/mol. The highest BCUT2D eigenvalue weighted by Gasteiger charge is 2.24. The molecule has 0 fully saturated rings. The van der Waals surface area contributed by atoms with E-state index in [2.05, 4.69) is 13.5 Å². The van der Waals surface area contributed by atoms with Gasteiger partial charge >= 0.3 is 5.97 Å².